The minimum absolute atomic E-state index is 0.126. The molecule has 0 saturated carbocycles. The number of para-hydroxylation sites is 1. The lowest BCUT2D eigenvalue weighted by molar-refractivity contribution is -0.124. The van der Waals surface area contributed by atoms with Crippen LogP contribution in [-0.4, -0.2) is 41.9 Å². The Hall–Kier alpha value is -3.91. The molecule has 3 aromatic rings. The third-order valence-electron chi connectivity index (χ3n) is 5.21. The van der Waals surface area contributed by atoms with Crippen molar-refractivity contribution in [2.24, 2.45) is 0 Å². The lowest BCUT2D eigenvalue weighted by Crippen LogP contribution is -2.37. The Morgan fingerprint density at radius 3 is 2.48 bits per heavy atom. The molecular formula is C25H25N3O5. The zero-order valence-electron chi connectivity index (χ0n) is 18.0. The average molecular weight is 447 g/mol. The van der Waals surface area contributed by atoms with Gasteiger partial charge in [-0.3, -0.25) is 14.4 Å². The molecule has 1 unspecified atom stereocenters. The second-order valence-corrected chi connectivity index (χ2v) is 7.73. The number of nitrogens with one attached hydrogen (secondary N) is 2. The summed E-state index contributed by atoms with van der Waals surface area (Å²) in [7, 11) is 0. The van der Waals surface area contributed by atoms with Crippen molar-refractivity contribution in [1.82, 2.24) is 4.90 Å². The molecular weight excluding hydrogens is 422 g/mol. The summed E-state index contributed by atoms with van der Waals surface area (Å²) in [5, 5.41) is 5.60. The van der Waals surface area contributed by atoms with E-state index in [1.807, 2.05) is 18.2 Å². The predicted octanol–water partition coefficient (Wildman–Crippen LogP) is 3.68. The summed E-state index contributed by atoms with van der Waals surface area (Å²) < 4.78 is 10.8. The van der Waals surface area contributed by atoms with Crippen LogP contribution in [0.2, 0.25) is 0 Å². The maximum absolute atomic E-state index is 13.3. The number of carbonyl (C=O) groups excluding carboxylic acids is 3. The number of nitrogens with zero attached hydrogens (tertiary/aromatic N) is 1. The second kappa shape index (κ2) is 10.6. The molecule has 170 valence electrons. The van der Waals surface area contributed by atoms with Gasteiger partial charge in [0.1, 0.15) is 18.4 Å². The molecule has 0 bridgehead atoms. The number of benzene rings is 2. The summed E-state index contributed by atoms with van der Waals surface area (Å²) >= 11 is 0. The van der Waals surface area contributed by atoms with Gasteiger partial charge in [0.05, 0.1) is 12.8 Å². The maximum atomic E-state index is 13.3. The van der Waals surface area contributed by atoms with Crippen molar-refractivity contribution in [2.75, 3.05) is 23.8 Å². The van der Waals surface area contributed by atoms with E-state index in [0.717, 1.165) is 6.42 Å². The fourth-order valence-electron chi connectivity index (χ4n) is 3.61. The first-order chi connectivity index (χ1) is 16.1. The fraction of sp³-hybridized carbons (Fsp3) is 0.240. The van der Waals surface area contributed by atoms with Crippen LogP contribution < -0.4 is 10.6 Å². The van der Waals surface area contributed by atoms with Crippen molar-refractivity contribution in [3.63, 3.8) is 0 Å². The molecule has 2 heterocycles. The molecule has 1 aromatic heterocycles. The van der Waals surface area contributed by atoms with Gasteiger partial charge in [-0.15, -0.1) is 0 Å². The van der Waals surface area contributed by atoms with Crippen LogP contribution in [0.3, 0.4) is 0 Å². The highest BCUT2D eigenvalue weighted by molar-refractivity contribution is 6.01. The van der Waals surface area contributed by atoms with Crippen molar-refractivity contribution in [2.45, 2.75) is 25.5 Å². The van der Waals surface area contributed by atoms with Gasteiger partial charge in [-0.25, -0.2) is 0 Å². The Bertz CT molecular complexity index is 1090. The first-order valence-corrected chi connectivity index (χ1v) is 10.8. The van der Waals surface area contributed by atoms with Gasteiger partial charge in [-0.05, 0) is 55.3 Å². The number of rotatable bonds is 8. The third-order valence-corrected chi connectivity index (χ3v) is 5.21. The van der Waals surface area contributed by atoms with Crippen LogP contribution in [0.5, 0.6) is 0 Å². The number of furan rings is 1. The molecule has 8 nitrogen and oxygen atoms in total. The van der Waals surface area contributed by atoms with Crippen LogP contribution in [0.4, 0.5) is 11.4 Å². The zero-order valence-corrected chi connectivity index (χ0v) is 18.0. The number of hydrogen-bond donors (Lipinski definition) is 2. The normalized spacial score (nSPS) is 15.1. The molecule has 2 N–H and O–H groups in total. The quantitative estimate of drug-likeness (QED) is 0.549. The Balaban J connectivity index is 1.48. The number of carbonyl (C=O) groups is 3. The molecule has 1 aliphatic heterocycles. The van der Waals surface area contributed by atoms with Gasteiger partial charge >= 0.3 is 0 Å². The molecule has 0 aliphatic carbocycles. The van der Waals surface area contributed by atoms with E-state index in [1.54, 1.807) is 48.5 Å². The van der Waals surface area contributed by atoms with E-state index in [4.69, 9.17) is 9.15 Å². The molecule has 1 fully saturated rings. The van der Waals surface area contributed by atoms with Crippen LogP contribution in [0.15, 0.2) is 77.4 Å². The molecule has 2 aromatic carbocycles. The van der Waals surface area contributed by atoms with E-state index in [2.05, 4.69) is 10.6 Å². The van der Waals surface area contributed by atoms with E-state index in [9.17, 15) is 14.4 Å². The SMILES string of the molecule is O=C(CN(Cc1ccco1)C(=O)c1cccc(NC(=O)C2CCCO2)c1)Nc1ccccc1. The van der Waals surface area contributed by atoms with E-state index in [1.165, 1.54) is 11.2 Å². The summed E-state index contributed by atoms with van der Waals surface area (Å²) in [5.41, 5.74) is 1.49. The number of amides is 3. The topological polar surface area (TPSA) is 101 Å². The largest absolute Gasteiger partial charge is 0.467 e. The summed E-state index contributed by atoms with van der Waals surface area (Å²) in [6.45, 7) is 0.533. The molecule has 4 rings (SSSR count). The smallest absolute Gasteiger partial charge is 0.254 e. The van der Waals surface area contributed by atoms with Gasteiger partial charge in [0.2, 0.25) is 5.91 Å². The molecule has 1 saturated heterocycles. The van der Waals surface area contributed by atoms with E-state index in [0.29, 0.717) is 35.7 Å². The van der Waals surface area contributed by atoms with Crippen molar-refractivity contribution in [3.05, 3.63) is 84.3 Å². The Morgan fingerprint density at radius 1 is 0.939 bits per heavy atom. The highest BCUT2D eigenvalue weighted by atomic mass is 16.5. The summed E-state index contributed by atoms with van der Waals surface area (Å²) in [5.74, 6) is -0.364. The molecule has 1 atom stereocenters. The molecule has 33 heavy (non-hydrogen) atoms. The van der Waals surface area contributed by atoms with Gasteiger partial charge in [0, 0.05) is 23.5 Å². The van der Waals surface area contributed by atoms with Gasteiger partial charge in [-0.2, -0.15) is 0 Å². The Labute approximate surface area is 191 Å². The maximum Gasteiger partial charge on any atom is 0.254 e. The third kappa shape index (κ3) is 6.08. The highest BCUT2D eigenvalue weighted by Gasteiger charge is 2.24. The Morgan fingerprint density at radius 2 is 1.76 bits per heavy atom. The minimum Gasteiger partial charge on any atom is -0.467 e. The van der Waals surface area contributed by atoms with Gasteiger partial charge in [0.15, 0.2) is 0 Å². The first kappa shape index (κ1) is 22.3. The van der Waals surface area contributed by atoms with Crippen molar-refractivity contribution in [3.8, 4) is 0 Å². The van der Waals surface area contributed by atoms with Crippen LogP contribution >= 0.6 is 0 Å². The molecule has 1 aliphatic rings. The van der Waals surface area contributed by atoms with Gasteiger partial charge in [-0.1, -0.05) is 24.3 Å². The average Bonchev–Trinajstić information content (AvgIpc) is 3.54. The van der Waals surface area contributed by atoms with E-state index >= 15 is 0 Å². The predicted molar refractivity (Wildman–Crippen MR) is 123 cm³/mol. The van der Waals surface area contributed by atoms with Crippen LogP contribution in [0.1, 0.15) is 29.0 Å². The summed E-state index contributed by atoms with van der Waals surface area (Å²) in [6.07, 6.45) is 2.58. The molecule has 8 heteroatoms. The molecule has 0 spiro atoms. The monoisotopic (exact) mass is 447 g/mol. The Kier molecular flexibility index (Phi) is 7.16. The molecule has 3 amide bonds. The highest BCUT2D eigenvalue weighted by Crippen LogP contribution is 2.18. The fourth-order valence-corrected chi connectivity index (χ4v) is 3.61. The van der Waals surface area contributed by atoms with Crippen LogP contribution in [-0.2, 0) is 20.9 Å². The van der Waals surface area contributed by atoms with Gasteiger partial charge in [0.25, 0.3) is 11.8 Å². The zero-order chi connectivity index (χ0) is 23.0. The van der Waals surface area contributed by atoms with Crippen molar-refractivity contribution in [1.29, 1.82) is 0 Å². The molecule has 0 radical (unpaired) electrons. The number of ether oxygens (including phenoxy) is 1. The lowest BCUT2D eigenvalue weighted by Gasteiger charge is -2.22. The van der Waals surface area contributed by atoms with Gasteiger partial charge < -0.3 is 24.7 Å². The van der Waals surface area contributed by atoms with Crippen LogP contribution in [0.25, 0.3) is 0 Å². The van der Waals surface area contributed by atoms with Crippen molar-refractivity contribution >= 4 is 29.1 Å². The van der Waals surface area contributed by atoms with Crippen LogP contribution in [0, 0.1) is 0 Å². The summed E-state index contributed by atoms with van der Waals surface area (Å²) in [4.78, 5) is 39.7. The van der Waals surface area contributed by atoms with E-state index in [-0.39, 0.29) is 30.8 Å². The number of hydrogen-bond acceptors (Lipinski definition) is 5. The van der Waals surface area contributed by atoms with E-state index < -0.39 is 6.10 Å². The first-order valence-electron chi connectivity index (χ1n) is 10.8. The van der Waals surface area contributed by atoms with Crippen molar-refractivity contribution < 1.29 is 23.5 Å². The minimum atomic E-state index is -0.471. The second-order valence-electron chi connectivity index (χ2n) is 7.73. The summed E-state index contributed by atoms with van der Waals surface area (Å²) in [6, 6.07) is 19.1. The standard InChI is InChI=1S/C25H25N3O5/c29-23(26-19-8-2-1-3-9-19)17-28(16-21-11-5-13-32-21)25(31)18-7-4-10-20(15-18)27-24(30)22-12-6-14-33-22/h1-5,7-11,13,15,22H,6,12,14,16-17H2,(H,26,29)(H,27,30). The lowest BCUT2D eigenvalue weighted by atomic mass is 10.1. The number of anilines is 2.